The molecule has 120 valence electrons. The lowest BCUT2D eigenvalue weighted by Crippen LogP contribution is -2.41. The van der Waals surface area contributed by atoms with Gasteiger partial charge >= 0.3 is 5.97 Å². The minimum absolute atomic E-state index is 0.0353. The highest BCUT2D eigenvalue weighted by atomic mass is 16.5. The molecule has 2 rings (SSSR count). The molecule has 6 nitrogen and oxygen atoms in total. The van der Waals surface area contributed by atoms with Gasteiger partial charge < -0.3 is 19.5 Å². The Morgan fingerprint density at radius 1 is 1.19 bits per heavy atom. The largest absolute Gasteiger partial charge is 0.480 e. The van der Waals surface area contributed by atoms with Gasteiger partial charge in [-0.3, -0.25) is 4.79 Å². The van der Waals surface area contributed by atoms with Crippen molar-refractivity contribution >= 4 is 11.9 Å². The number of carboxylic acid groups (broad SMARTS) is 1. The van der Waals surface area contributed by atoms with Crippen LogP contribution < -0.4 is 0 Å². The summed E-state index contributed by atoms with van der Waals surface area (Å²) in [4.78, 5) is 24.5. The first-order valence-electron chi connectivity index (χ1n) is 7.88. The molecule has 1 N–H and O–H groups in total. The Morgan fingerprint density at radius 3 is 2.57 bits per heavy atom. The summed E-state index contributed by atoms with van der Waals surface area (Å²) in [6.07, 6.45) is 6.42. The highest BCUT2D eigenvalue weighted by Crippen LogP contribution is 2.19. The van der Waals surface area contributed by atoms with Gasteiger partial charge in [0.2, 0.25) is 5.91 Å². The molecule has 0 spiro atoms. The van der Waals surface area contributed by atoms with Crippen LogP contribution in [-0.4, -0.2) is 60.4 Å². The number of ether oxygens (including phenoxy) is 2. The van der Waals surface area contributed by atoms with E-state index in [1.165, 1.54) is 6.42 Å². The summed E-state index contributed by atoms with van der Waals surface area (Å²) in [5.41, 5.74) is 0. The molecule has 0 saturated carbocycles. The Bertz CT molecular complexity index is 346. The fourth-order valence-corrected chi connectivity index (χ4v) is 2.94. The molecule has 1 atom stereocenters. The summed E-state index contributed by atoms with van der Waals surface area (Å²) >= 11 is 0. The zero-order chi connectivity index (χ0) is 15.1. The Kier molecular flexibility index (Phi) is 6.45. The van der Waals surface area contributed by atoms with Gasteiger partial charge in [0, 0.05) is 26.1 Å². The van der Waals surface area contributed by atoms with Gasteiger partial charge in [-0.15, -0.1) is 0 Å². The molecule has 0 radical (unpaired) electrons. The maximum Gasteiger partial charge on any atom is 0.329 e. The van der Waals surface area contributed by atoms with E-state index in [1.54, 1.807) is 0 Å². The number of carbonyl (C=O) groups is 2. The first kappa shape index (κ1) is 16.2. The highest BCUT2D eigenvalue weighted by molar-refractivity contribution is 5.76. The number of hydrogen-bond acceptors (Lipinski definition) is 4. The van der Waals surface area contributed by atoms with Gasteiger partial charge in [-0.1, -0.05) is 0 Å². The van der Waals surface area contributed by atoms with Crippen LogP contribution in [0, 0.1) is 0 Å². The fourth-order valence-electron chi connectivity index (χ4n) is 2.94. The summed E-state index contributed by atoms with van der Waals surface area (Å²) in [5.74, 6) is -0.762. The predicted molar refractivity (Wildman–Crippen MR) is 76.0 cm³/mol. The minimum atomic E-state index is -0.944. The van der Waals surface area contributed by atoms with Gasteiger partial charge in [0.05, 0.1) is 12.2 Å². The molecule has 2 aliphatic rings. The summed E-state index contributed by atoms with van der Waals surface area (Å²) in [5, 5.41) is 8.58. The molecule has 1 unspecified atom stereocenters. The monoisotopic (exact) mass is 299 g/mol. The Balaban J connectivity index is 1.62. The van der Waals surface area contributed by atoms with Crippen molar-refractivity contribution in [2.45, 2.75) is 57.2 Å². The molecule has 6 heteroatoms. The fraction of sp³-hybridized carbons (Fsp3) is 0.867. The van der Waals surface area contributed by atoms with Crippen LogP contribution in [-0.2, 0) is 19.1 Å². The standard InChI is InChI=1S/C15H25NO5/c17-14(5-4-12-3-1-2-10-20-12)16-8-6-13(7-9-16)21-11-15(18)19/h12-13H,1-11H2,(H,18,19). The second-order valence-electron chi connectivity index (χ2n) is 5.81. The molecule has 2 heterocycles. The number of carboxylic acids is 1. The molecule has 0 aromatic carbocycles. The quantitative estimate of drug-likeness (QED) is 0.803. The zero-order valence-electron chi connectivity index (χ0n) is 12.5. The summed E-state index contributed by atoms with van der Waals surface area (Å²) < 4.78 is 10.9. The Labute approximate surface area is 125 Å². The number of hydrogen-bond donors (Lipinski definition) is 1. The van der Waals surface area contributed by atoms with Crippen molar-refractivity contribution in [3.63, 3.8) is 0 Å². The lowest BCUT2D eigenvalue weighted by atomic mass is 10.0. The zero-order valence-corrected chi connectivity index (χ0v) is 12.5. The van der Waals surface area contributed by atoms with Crippen LogP contribution in [0.3, 0.4) is 0 Å². The van der Waals surface area contributed by atoms with Crippen molar-refractivity contribution in [2.24, 2.45) is 0 Å². The smallest absolute Gasteiger partial charge is 0.329 e. The maximum atomic E-state index is 12.1. The van der Waals surface area contributed by atoms with Crippen molar-refractivity contribution in [2.75, 3.05) is 26.3 Å². The third-order valence-corrected chi connectivity index (χ3v) is 4.19. The molecule has 0 aromatic rings. The van der Waals surface area contributed by atoms with E-state index < -0.39 is 5.97 Å². The average Bonchev–Trinajstić information content (AvgIpc) is 2.52. The first-order valence-corrected chi connectivity index (χ1v) is 7.88. The van der Waals surface area contributed by atoms with Crippen molar-refractivity contribution < 1.29 is 24.2 Å². The van der Waals surface area contributed by atoms with Crippen molar-refractivity contribution in [1.82, 2.24) is 4.90 Å². The molecule has 0 aliphatic carbocycles. The Hall–Kier alpha value is -1.14. The third-order valence-electron chi connectivity index (χ3n) is 4.19. The molecule has 2 aliphatic heterocycles. The molecule has 0 aromatic heterocycles. The van der Waals surface area contributed by atoms with E-state index in [2.05, 4.69) is 0 Å². The number of piperidine rings is 1. The van der Waals surface area contributed by atoms with Crippen LogP contribution in [0.5, 0.6) is 0 Å². The van der Waals surface area contributed by atoms with Crippen LogP contribution >= 0.6 is 0 Å². The number of likely N-dealkylation sites (tertiary alicyclic amines) is 1. The number of nitrogens with zero attached hydrogens (tertiary/aromatic N) is 1. The third kappa shape index (κ3) is 5.63. The van der Waals surface area contributed by atoms with E-state index in [9.17, 15) is 9.59 Å². The van der Waals surface area contributed by atoms with Gasteiger partial charge in [0.1, 0.15) is 6.61 Å². The molecule has 0 bridgehead atoms. The van der Waals surface area contributed by atoms with E-state index in [4.69, 9.17) is 14.6 Å². The van der Waals surface area contributed by atoms with E-state index in [0.29, 0.717) is 19.5 Å². The SMILES string of the molecule is O=C(O)COC1CCN(C(=O)CCC2CCCCO2)CC1. The lowest BCUT2D eigenvalue weighted by Gasteiger charge is -2.32. The van der Waals surface area contributed by atoms with Gasteiger partial charge in [-0.25, -0.2) is 4.79 Å². The molecule has 1 amide bonds. The van der Waals surface area contributed by atoms with Crippen molar-refractivity contribution in [3.05, 3.63) is 0 Å². The van der Waals surface area contributed by atoms with Gasteiger partial charge in [-0.05, 0) is 38.5 Å². The first-order chi connectivity index (χ1) is 10.1. The number of rotatable bonds is 6. The number of amides is 1. The van der Waals surface area contributed by atoms with Crippen LogP contribution in [0.1, 0.15) is 44.9 Å². The van der Waals surface area contributed by atoms with E-state index in [1.807, 2.05) is 4.90 Å². The molecule has 2 fully saturated rings. The van der Waals surface area contributed by atoms with E-state index in [0.717, 1.165) is 38.7 Å². The second kappa shape index (κ2) is 8.34. The van der Waals surface area contributed by atoms with Crippen molar-refractivity contribution in [3.8, 4) is 0 Å². The van der Waals surface area contributed by atoms with Crippen LogP contribution in [0.2, 0.25) is 0 Å². The molecular formula is C15H25NO5. The summed E-state index contributed by atoms with van der Waals surface area (Å²) in [6, 6.07) is 0. The maximum absolute atomic E-state index is 12.1. The molecule has 2 saturated heterocycles. The average molecular weight is 299 g/mol. The number of carbonyl (C=O) groups excluding carboxylic acids is 1. The second-order valence-corrected chi connectivity index (χ2v) is 5.81. The molecular weight excluding hydrogens is 274 g/mol. The van der Waals surface area contributed by atoms with Gasteiger partial charge in [0.25, 0.3) is 0 Å². The van der Waals surface area contributed by atoms with E-state index in [-0.39, 0.29) is 24.7 Å². The predicted octanol–water partition coefficient (Wildman–Crippen LogP) is 1.43. The normalized spacial score (nSPS) is 24.0. The summed E-state index contributed by atoms with van der Waals surface area (Å²) in [7, 11) is 0. The van der Waals surface area contributed by atoms with Crippen molar-refractivity contribution in [1.29, 1.82) is 0 Å². The van der Waals surface area contributed by atoms with Gasteiger partial charge in [0.15, 0.2) is 0 Å². The minimum Gasteiger partial charge on any atom is -0.480 e. The van der Waals surface area contributed by atoms with Crippen LogP contribution in [0.15, 0.2) is 0 Å². The topological polar surface area (TPSA) is 76.1 Å². The Morgan fingerprint density at radius 2 is 1.95 bits per heavy atom. The van der Waals surface area contributed by atoms with Crippen LogP contribution in [0.25, 0.3) is 0 Å². The summed E-state index contributed by atoms with van der Waals surface area (Å²) in [6.45, 7) is 1.89. The van der Waals surface area contributed by atoms with Gasteiger partial charge in [-0.2, -0.15) is 0 Å². The highest BCUT2D eigenvalue weighted by Gasteiger charge is 2.24. The number of aliphatic carboxylic acids is 1. The van der Waals surface area contributed by atoms with Crippen LogP contribution in [0.4, 0.5) is 0 Å². The van der Waals surface area contributed by atoms with E-state index >= 15 is 0 Å². The lowest BCUT2D eigenvalue weighted by molar-refractivity contribution is -0.147. The molecule has 21 heavy (non-hydrogen) atoms.